The van der Waals surface area contributed by atoms with Crippen LogP contribution in [0.4, 0.5) is 0 Å². The van der Waals surface area contributed by atoms with Crippen molar-refractivity contribution in [1.82, 2.24) is 0 Å². The van der Waals surface area contributed by atoms with Gasteiger partial charge in [-0.3, -0.25) is 14.4 Å². The van der Waals surface area contributed by atoms with Gasteiger partial charge in [0.05, 0.1) is 0 Å². The summed E-state index contributed by atoms with van der Waals surface area (Å²) >= 11 is 0. The van der Waals surface area contributed by atoms with Gasteiger partial charge in [0.15, 0.2) is 6.10 Å². The summed E-state index contributed by atoms with van der Waals surface area (Å²) in [5.41, 5.74) is 0. The van der Waals surface area contributed by atoms with Gasteiger partial charge in [-0.25, -0.2) is 0 Å². The van der Waals surface area contributed by atoms with Crippen molar-refractivity contribution in [2.75, 3.05) is 13.2 Å². The standard InChI is InChI=1S/C51H98O6/c1-4-7-10-13-16-19-22-24-26-29-32-35-38-41-44-50(53)56-47-48(46-55-49(52)43-40-37-34-31-28-21-18-15-12-9-6-3)57-51(54)45-42-39-36-33-30-27-25-23-20-17-14-11-8-5-2/h48H,4-47H2,1-3H3/t48-/m1/s1. The van der Waals surface area contributed by atoms with Crippen molar-refractivity contribution in [3.8, 4) is 0 Å². The highest BCUT2D eigenvalue weighted by Crippen LogP contribution is 2.17. The molecule has 0 radical (unpaired) electrons. The molecule has 0 heterocycles. The summed E-state index contributed by atoms with van der Waals surface area (Å²) in [7, 11) is 0. The molecule has 0 amide bonds. The quantitative estimate of drug-likeness (QED) is 0.0346. The number of hydrogen-bond acceptors (Lipinski definition) is 6. The average molecular weight is 807 g/mol. The van der Waals surface area contributed by atoms with Crippen LogP contribution in [-0.2, 0) is 28.6 Å². The lowest BCUT2D eigenvalue weighted by molar-refractivity contribution is -0.167. The SMILES string of the molecule is CCCCCCCCCCCCCCCCC(=O)OC[C@@H](COC(=O)CCCCCCCCCCCCC)OC(=O)CCCCCCCCCCCCCCCC. The number of unbranched alkanes of at least 4 members (excludes halogenated alkanes) is 36. The van der Waals surface area contributed by atoms with Gasteiger partial charge in [0, 0.05) is 19.3 Å². The van der Waals surface area contributed by atoms with Gasteiger partial charge in [-0.15, -0.1) is 0 Å². The van der Waals surface area contributed by atoms with Gasteiger partial charge in [-0.05, 0) is 19.3 Å². The Morgan fingerprint density at radius 1 is 0.281 bits per heavy atom. The van der Waals surface area contributed by atoms with Gasteiger partial charge in [-0.1, -0.05) is 252 Å². The number of hydrogen-bond donors (Lipinski definition) is 0. The summed E-state index contributed by atoms with van der Waals surface area (Å²) < 4.78 is 16.8. The van der Waals surface area contributed by atoms with E-state index in [1.807, 2.05) is 0 Å². The lowest BCUT2D eigenvalue weighted by Gasteiger charge is -2.18. The Morgan fingerprint density at radius 2 is 0.474 bits per heavy atom. The maximum absolute atomic E-state index is 12.8. The second-order valence-corrected chi connectivity index (χ2v) is 17.5. The van der Waals surface area contributed by atoms with Crippen LogP contribution in [-0.4, -0.2) is 37.2 Å². The zero-order chi connectivity index (χ0) is 41.5. The minimum absolute atomic E-state index is 0.0619. The normalized spacial score (nSPS) is 11.8. The second kappa shape index (κ2) is 47.1. The van der Waals surface area contributed by atoms with Crippen LogP contribution in [0.15, 0.2) is 0 Å². The Hall–Kier alpha value is -1.59. The van der Waals surface area contributed by atoms with Crippen LogP contribution in [0.2, 0.25) is 0 Å². The first kappa shape index (κ1) is 55.4. The summed E-state index contributed by atoms with van der Waals surface area (Å²) in [5, 5.41) is 0. The first-order valence-corrected chi connectivity index (χ1v) is 25.5. The van der Waals surface area contributed by atoms with E-state index < -0.39 is 6.10 Å². The predicted octanol–water partition coefficient (Wildman–Crippen LogP) is 16.4. The van der Waals surface area contributed by atoms with Gasteiger partial charge in [0.1, 0.15) is 13.2 Å². The van der Waals surface area contributed by atoms with Crippen molar-refractivity contribution in [2.45, 2.75) is 297 Å². The maximum Gasteiger partial charge on any atom is 0.306 e. The van der Waals surface area contributed by atoms with Crippen molar-refractivity contribution < 1.29 is 28.6 Å². The van der Waals surface area contributed by atoms with Crippen molar-refractivity contribution in [1.29, 1.82) is 0 Å². The molecule has 6 heteroatoms. The molecule has 0 fully saturated rings. The molecule has 0 aromatic heterocycles. The Bertz CT molecular complexity index is 844. The monoisotopic (exact) mass is 807 g/mol. The van der Waals surface area contributed by atoms with Gasteiger partial charge < -0.3 is 14.2 Å². The molecule has 1 atom stereocenters. The molecule has 0 aliphatic carbocycles. The van der Waals surface area contributed by atoms with Crippen LogP contribution in [0.25, 0.3) is 0 Å². The first-order valence-electron chi connectivity index (χ1n) is 25.5. The molecule has 0 unspecified atom stereocenters. The predicted molar refractivity (Wildman–Crippen MR) is 243 cm³/mol. The van der Waals surface area contributed by atoms with Crippen molar-refractivity contribution in [3.63, 3.8) is 0 Å². The third kappa shape index (κ3) is 45.3. The van der Waals surface area contributed by atoms with E-state index in [0.29, 0.717) is 19.3 Å². The maximum atomic E-state index is 12.8. The highest BCUT2D eigenvalue weighted by atomic mass is 16.6. The van der Waals surface area contributed by atoms with Crippen LogP contribution in [0, 0.1) is 0 Å². The fourth-order valence-electron chi connectivity index (χ4n) is 7.74. The van der Waals surface area contributed by atoms with Crippen molar-refractivity contribution in [3.05, 3.63) is 0 Å². The molecule has 57 heavy (non-hydrogen) atoms. The fraction of sp³-hybridized carbons (Fsp3) is 0.941. The van der Waals surface area contributed by atoms with Crippen LogP contribution < -0.4 is 0 Å². The van der Waals surface area contributed by atoms with Crippen molar-refractivity contribution in [2.24, 2.45) is 0 Å². The summed E-state index contributed by atoms with van der Waals surface area (Å²) in [6, 6.07) is 0. The van der Waals surface area contributed by atoms with Gasteiger partial charge in [0.25, 0.3) is 0 Å². The van der Waals surface area contributed by atoms with Gasteiger partial charge >= 0.3 is 17.9 Å². The molecule has 6 nitrogen and oxygen atoms in total. The van der Waals surface area contributed by atoms with E-state index in [1.54, 1.807) is 0 Å². The molecule has 0 rings (SSSR count). The molecule has 0 saturated heterocycles. The summed E-state index contributed by atoms with van der Waals surface area (Å²) in [6.45, 7) is 6.67. The van der Waals surface area contributed by atoms with Gasteiger partial charge in [-0.2, -0.15) is 0 Å². The highest BCUT2D eigenvalue weighted by Gasteiger charge is 2.19. The average Bonchev–Trinajstić information content (AvgIpc) is 3.21. The van der Waals surface area contributed by atoms with E-state index in [4.69, 9.17) is 14.2 Å². The van der Waals surface area contributed by atoms with E-state index >= 15 is 0 Å². The van der Waals surface area contributed by atoms with Crippen LogP contribution in [0.3, 0.4) is 0 Å². The number of rotatable bonds is 47. The van der Waals surface area contributed by atoms with Crippen LogP contribution in [0.5, 0.6) is 0 Å². The fourth-order valence-corrected chi connectivity index (χ4v) is 7.74. The first-order chi connectivity index (χ1) is 28.0. The Morgan fingerprint density at radius 3 is 0.702 bits per heavy atom. The van der Waals surface area contributed by atoms with E-state index in [-0.39, 0.29) is 31.1 Å². The highest BCUT2D eigenvalue weighted by molar-refractivity contribution is 5.71. The summed E-state index contributed by atoms with van der Waals surface area (Å²) in [6.07, 6.45) is 49.3. The number of esters is 3. The smallest absolute Gasteiger partial charge is 0.306 e. The number of carbonyl (C=O) groups excluding carboxylic acids is 3. The molecule has 0 saturated carbocycles. The van der Waals surface area contributed by atoms with Crippen molar-refractivity contribution >= 4 is 17.9 Å². The molecule has 0 aromatic carbocycles. The third-order valence-corrected chi connectivity index (χ3v) is 11.6. The molecule has 0 bridgehead atoms. The Balaban J connectivity index is 4.30. The Kier molecular flexibility index (Phi) is 45.8. The molecular formula is C51H98O6. The van der Waals surface area contributed by atoms with Crippen LogP contribution in [0.1, 0.15) is 290 Å². The minimum atomic E-state index is -0.759. The lowest BCUT2D eigenvalue weighted by Crippen LogP contribution is -2.30. The lowest BCUT2D eigenvalue weighted by atomic mass is 10.0. The molecular weight excluding hydrogens is 709 g/mol. The number of carbonyl (C=O) groups is 3. The van der Waals surface area contributed by atoms with E-state index in [9.17, 15) is 14.4 Å². The molecule has 338 valence electrons. The molecule has 0 aliphatic heterocycles. The third-order valence-electron chi connectivity index (χ3n) is 11.6. The molecule has 0 aliphatic rings. The second-order valence-electron chi connectivity index (χ2n) is 17.5. The van der Waals surface area contributed by atoms with Gasteiger partial charge in [0.2, 0.25) is 0 Å². The summed E-state index contributed by atoms with van der Waals surface area (Å²) in [5.74, 6) is -0.842. The zero-order valence-electron chi connectivity index (χ0n) is 38.6. The molecule has 0 N–H and O–H groups in total. The zero-order valence-corrected chi connectivity index (χ0v) is 38.6. The largest absolute Gasteiger partial charge is 0.462 e. The summed E-state index contributed by atoms with van der Waals surface area (Å²) in [4.78, 5) is 37.9. The number of ether oxygens (including phenoxy) is 3. The van der Waals surface area contributed by atoms with E-state index in [1.165, 1.54) is 193 Å². The molecule has 0 aromatic rings. The Labute approximate surface area is 355 Å². The van der Waals surface area contributed by atoms with E-state index in [2.05, 4.69) is 20.8 Å². The minimum Gasteiger partial charge on any atom is -0.462 e. The van der Waals surface area contributed by atoms with Crippen LogP contribution >= 0.6 is 0 Å². The van der Waals surface area contributed by atoms with E-state index in [0.717, 1.165) is 57.8 Å². The molecule has 0 spiro atoms. The topological polar surface area (TPSA) is 78.9 Å².